The molecule has 0 radical (unpaired) electrons. The van der Waals surface area contributed by atoms with Gasteiger partial charge < -0.3 is 4.90 Å². The number of alkyl halides is 1. The largest absolute Gasteiger partial charge is 0.334 e. The average molecular weight is 304 g/mol. The van der Waals surface area contributed by atoms with Gasteiger partial charge in [-0.2, -0.15) is 0 Å². The van der Waals surface area contributed by atoms with Gasteiger partial charge in [0.1, 0.15) is 5.82 Å². The zero-order chi connectivity index (χ0) is 13.8. The molecule has 19 heavy (non-hydrogen) atoms. The molecule has 0 spiro atoms. The molecule has 1 amide bonds. The first-order valence-corrected chi connectivity index (χ1v) is 7.36. The monoisotopic (exact) mass is 303 g/mol. The van der Waals surface area contributed by atoms with Gasteiger partial charge in [0.25, 0.3) is 5.91 Å². The highest BCUT2D eigenvalue weighted by Crippen LogP contribution is 2.23. The summed E-state index contributed by atoms with van der Waals surface area (Å²) < 4.78 is 13.8. The molecule has 1 fully saturated rings. The topological polar surface area (TPSA) is 20.3 Å². The van der Waals surface area contributed by atoms with Gasteiger partial charge in [0.05, 0.1) is 5.56 Å². The molecule has 1 unspecified atom stereocenters. The number of benzene rings is 1. The first kappa shape index (κ1) is 14.6. The average Bonchev–Trinajstić information content (AvgIpc) is 2.65. The number of carbonyl (C=O) groups is 1. The number of hydrogen-bond donors (Lipinski definition) is 0. The van der Waals surface area contributed by atoms with E-state index in [-0.39, 0.29) is 17.5 Å². The minimum atomic E-state index is -0.535. The number of halogens is 3. The maximum absolute atomic E-state index is 13.8. The van der Waals surface area contributed by atoms with Crippen LogP contribution in [0.2, 0.25) is 5.02 Å². The third-order valence-electron chi connectivity index (χ3n) is 3.47. The summed E-state index contributed by atoms with van der Waals surface area (Å²) in [4.78, 5) is 14.2. The Morgan fingerprint density at radius 2 is 2.16 bits per heavy atom. The van der Waals surface area contributed by atoms with Crippen molar-refractivity contribution in [3.8, 4) is 0 Å². The number of amides is 1. The first-order chi connectivity index (χ1) is 9.13. The second-order valence-corrected chi connectivity index (χ2v) is 5.53. The third kappa shape index (κ3) is 3.40. The van der Waals surface area contributed by atoms with E-state index in [9.17, 15) is 9.18 Å². The molecule has 1 heterocycles. The Labute approximate surface area is 122 Å². The van der Waals surface area contributed by atoms with E-state index in [2.05, 4.69) is 0 Å². The molecule has 0 saturated carbocycles. The lowest BCUT2D eigenvalue weighted by atomic mass is 10.1. The molecule has 1 aliphatic heterocycles. The maximum atomic E-state index is 13.8. The molecule has 0 aliphatic carbocycles. The summed E-state index contributed by atoms with van der Waals surface area (Å²) in [5, 5.41) is 0.363. The van der Waals surface area contributed by atoms with Crippen LogP contribution >= 0.6 is 23.2 Å². The highest BCUT2D eigenvalue weighted by atomic mass is 35.5. The molecule has 104 valence electrons. The molecule has 1 saturated heterocycles. The number of rotatable bonds is 2. The minimum absolute atomic E-state index is 0.0185. The van der Waals surface area contributed by atoms with E-state index < -0.39 is 5.82 Å². The Morgan fingerprint density at radius 1 is 1.37 bits per heavy atom. The Hall–Kier alpha value is -0.800. The van der Waals surface area contributed by atoms with Crippen LogP contribution in [0.4, 0.5) is 4.39 Å². The van der Waals surface area contributed by atoms with Crippen molar-refractivity contribution in [3.05, 3.63) is 34.6 Å². The number of carbonyl (C=O) groups excluding carboxylic acids is 1. The normalized spacial score (nSPS) is 20.2. The van der Waals surface area contributed by atoms with E-state index in [1.807, 2.05) is 0 Å². The number of nitrogens with zero attached hydrogens (tertiary/aromatic N) is 1. The standard InChI is InChI=1S/C14H16Cl2FNO/c15-9-11-4-2-1-3-7-18(11)14(19)12-8-10(16)5-6-13(12)17/h5-6,8,11H,1-4,7,9H2. The Morgan fingerprint density at radius 3 is 2.89 bits per heavy atom. The second-order valence-electron chi connectivity index (χ2n) is 4.78. The molecule has 1 aromatic carbocycles. The van der Waals surface area contributed by atoms with Crippen LogP contribution < -0.4 is 0 Å². The van der Waals surface area contributed by atoms with Crippen LogP contribution in [0, 0.1) is 5.82 Å². The van der Waals surface area contributed by atoms with Crippen LogP contribution in [0.5, 0.6) is 0 Å². The van der Waals surface area contributed by atoms with Crippen LogP contribution in [0.1, 0.15) is 36.0 Å². The van der Waals surface area contributed by atoms with Gasteiger partial charge >= 0.3 is 0 Å². The van der Waals surface area contributed by atoms with Crippen molar-refractivity contribution in [2.75, 3.05) is 12.4 Å². The molecule has 2 nitrogen and oxygen atoms in total. The predicted molar refractivity (Wildman–Crippen MR) is 75.4 cm³/mol. The Balaban J connectivity index is 2.27. The summed E-state index contributed by atoms with van der Waals surface area (Å²) in [7, 11) is 0. The van der Waals surface area contributed by atoms with Crippen molar-refractivity contribution in [2.24, 2.45) is 0 Å². The van der Waals surface area contributed by atoms with E-state index in [1.54, 1.807) is 4.90 Å². The third-order valence-corrected chi connectivity index (χ3v) is 4.07. The summed E-state index contributed by atoms with van der Waals surface area (Å²) in [6.45, 7) is 0.627. The molecule has 1 aromatic rings. The lowest BCUT2D eigenvalue weighted by Crippen LogP contribution is -2.41. The van der Waals surface area contributed by atoms with Gasteiger partial charge in [-0.1, -0.05) is 24.4 Å². The van der Waals surface area contributed by atoms with E-state index in [0.29, 0.717) is 17.4 Å². The van der Waals surface area contributed by atoms with Crippen molar-refractivity contribution in [1.82, 2.24) is 4.90 Å². The number of likely N-dealkylation sites (tertiary alicyclic amines) is 1. The van der Waals surface area contributed by atoms with Gasteiger partial charge in [0, 0.05) is 23.5 Å². The highest BCUT2D eigenvalue weighted by Gasteiger charge is 2.27. The smallest absolute Gasteiger partial charge is 0.257 e. The van der Waals surface area contributed by atoms with Crippen molar-refractivity contribution in [2.45, 2.75) is 31.7 Å². The van der Waals surface area contributed by atoms with Crippen LogP contribution in [0.15, 0.2) is 18.2 Å². The zero-order valence-electron chi connectivity index (χ0n) is 10.5. The van der Waals surface area contributed by atoms with Crippen LogP contribution in [0.3, 0.4) is 0 Å². The molecular weight excluding hydrogens is 288 g/mol. The number of hydrogen-bond acceptors (Lipinski definition) is 1. The Kier molecular flexibility index (Phi) is 5.06. The van der Waals surface area contributed by atoms with Gasteiger partial charge in [0.2, 0.25) is 0 Å². The quantitative estimate of drug-likeness (QED) is 0.753. The predicted octanol–water partition coefficient (Wildman–Crippen LogP) is 4.10. The van der Waals surface area contributed by atoms with Gasteiger partial charge in [0.15, 0.2) is 0 Å². The summed E-state index contributed by atoms with van der Waals surface area (Å²) in [6.07, 6.45) is 3.94. The summed E-state index contributed by atoms with van der Waals surface area (Å²) in [5.74, 6) is -0.465. The fourth-order valence-electron chi connectivity index (χ4n) is 2.42. The van der Waals surface area contributed by atoms with Crippen LogP contribution in [-0.4, -0.2) is 29.3 Å². The fraction of sp³-hybridized carbons (Fsp3) is 0.500. The molecule has 0 N–H and O–H groups in total. The summed E-state index contributed by atoms with van der Waals surface area (Å²) in [5.41, 5.74) is 0.0320. The van der Waals surface area contributed by atoms with Gasteiger partial charge in [-0.05, 0) is 31.0 Å². The first-order valence-electron chi connectivity index (χ1n) is 6.45. The molecule has 1 atom stereocenters. The highest BCUT2D eigenvalue weighted by molar-refractivity contribution is 6.31. The van der Waals surface area contributed by atoms with Gasteiger partial charge in [-0.25, -0.2) is 4.39 Å². The lowest BCUT2D eigenvalue weighted by Gasteiger charge is -2.28. The molecule has 0 aromatic heterocycles. The van der Waals surface area contributed by atoms with E-state index in [4.69, 9.17) is 23.2 Å². The molecular formula is C14H16Cl2FNO. The van der Waals surface area contributed by atoms with E-state index in [1.165, 1.54) is 18.2 Å². The SMILES string of the molecule is O=C(c1cc(Cl)ccc1F)N1CCCCCC1CCl. The second kappa shape index (κ2) is 6.58. The van der Waals surface area contributed by atoms with Crippen molar-refractivity contribution < 1.29 is 9.18 Å². The zero-order valence-corrected chi connectivity index (χ0v) is 12.1. The molecule has 5 heteroatoms. The van der Waals surface area contributed by atoms with Crippen molar-refractivity contribution >= 4 is 29.1 Å². The van der Waals surface area contributed by atoms with Crippen LogP contribution in [-0.2, 0) is 0 Å². The van der Waals surface area contributed by atoms with E-state index in [0.717, 1.165) is 25.7 Å². The molecule has 2 rings (SSSR count). The fourth-order valence-corrected chi connectivity index (χ4v) is 2.91. The van der Waals surface area contributed by atoms with Crippen molar-refractivity contribution in [1.29, 1.82) is 0 Å². The van der Waals surface area contributed by atoms with Gasteiger partial charge in [-0.15, -0.1) is 11.6 Å². The van der Waals surface area contributed by atoms with Crippen LogP contribution in [0.25, 0.3) is 0 Å². The lowest BCUT2D eigenvalue weighted by molar-refractivity contribution is 0.0695. The molecule has 0 bridgehead atoms. The maximum Gasteiger partial charge on any atom is 0.257 e. The Bertz CT molecular complexity index is 467. The van der Waals surface area contributed by atoms with Crippen molar-refractivity contribution in [3.63, 3.8) is 0 Å². The van der Waals surface area contributed by atoms with Gasteiger partial charge in [-0.3, -0.25) is 4.79 Å². The molecule has 1 aliphatic rings. The summed E-state index contributed by atoms with van der Waals surface area (Å²) >= 11 is 11.8. The summed E-state index contributed by atoms with van der Waals surface area (Å²) in [6, 6.07) is 4.03. The van der Waals surface area contributed by atoms with E-state index >= 15 is 0 Å². The minimum Gasteiger partial charge on any atom is -0.334 e.